The summed E-state index contributed by atoms with van der Waals surface area (Å²) in [5.74, 6) is -1.10. The van der Waals surface area contributed by atoms with Crippen molar-refractivity contribution in [3.63, 3.8) is 0 Å². The van der Waals surface area contributed by atoms with Gasteiger partial charge in [0.05, 0.1) is 33.9 Å². The number of aryl methyl sites for hydroxylation is 1. The Hall–Kier alpha value is -2.75. The zero-order valence-corrected chi connectivity index (χ0v) is 25.3. The summed E-state index contributed by atoms with van der Waals surface area (Å²) in [5, 5.41) is 15.8. The van der Waals surface area contributed by atoms with Crippen LogP contribution in [0.5, 0.6) is 5.75 Å². The van der Waals surface area contributed by atoms with Crippen molar-refractivity contribution in [2.24, 2.45) is 11.8 Å². The Balaban J connectivity index is 1.45. The minimum atomic E-state index is -0.736. The molecule has 2 bridgehead atoms. The van der Waals surface area contributed by atoms with E-state index >= 15 is 0 Å². The monoisotopic (exact) mass is 599 g/mol. The highest BCUT2D eigenvalue weighted by atomic mass is 35.5. The Labute approximate surface area is 250 Å². The molecule has 1 spiro atoms. The van der Waals surface area contributed by atoms with Crippen molar-refractivity contribution in [1.29, 1.82) is 0 Å². The van der Waals surface area contributed by atoms with Gasteiger partial charge in [0.1, 0.15) is 11.8 Å². The van der Waals surface area contributed by atoms with Gasteiger partial charge >= 0.3 is 0 Å². The van der Waals surface area contributed by atoms with Crippen LogP contribution < -0.4 is 15.4 Å². The zero-order valence-electron chi connectivity index (χ0n) is 23.7. The Morgan fingerprint density at radius 3 is 2.54 bits per heavy atom. The van der Waals surface area contributed by atoms with Gasteiger partial charge in [-0.25, -0.2) is 0 Å². The van der Waals surface area contributed by atoms with Gasteiger partial charge < -0.3 is 25.4 Å². The molecule has 41 heavy (non-hydrogen) atoms. The number of nitrogens with zero attached hydrogens (tertiary/aromatic N) is 1. The first-order valence-electron chi connectivity index (χ1n) is 14.4. The van der Waals surface area contributed by atoms with Gasteiger partial charge in [-0.15, -0.1) is 11.8 Å². The summed E-state index contributed by atoms with van der Waals surface area (Å²) in [4.78, 5) is 43.9. The van der Waals surface area contributed by atoms with Gasteiger partial charge in [-0.3, -0.25) is 14.4 Å². The topological polar surface area (TPSA) is 108 Å². The number of halogens is 1. The number of hydrogen-bond acceptors (Lipinski definition) is 6. The zero-order chi connectivity index (χ0) is 29.4. The number of carbonyl (C=O) groups is 3. The quantitative estimate of drug-likeness (QED) is 0.304. The first kappa shape index (κ1) is 29.7. The van der Waals surface area contributed by atoms with Crippen LogP contribution in [0.2, 0.25) is 5.02 Å². The van der Waals surface area contributed by atoms with Crippen molar-refractivity contribution in [3.05, 3.63) is 53.1 Å². The lowest BCUT2D eigenvalue weighted by Crippen LogP contribution is -2.52. The largest absolute Gasteiger partial charge is 0.494 e. The number of benzene rings is 2. The molecule has 5 rings (SSSR count). The number of unbranched alkanes of at least 4 members (excludes halogenated alkanes) is 2. The molecule has 0 aromatic heterocycles. The van der Waals surface area contributed by atoms with Crippen LogP contribution in [0.3, 0.4) is 0 Å². The highest BCUT2D eigenvalue weighted by molar-refractivity contribution is 8.02. The summed E-state index contributed by atoms with van der Waals surface area (Å²) in [6, 6.07) is 11.9. The van der Waals surface area contributed by atoms with Gasteiger partial charge in [-0.1, -0.05) is 23.7 Å². The van der Waals surface area contributed by atoms with E-state index in [0.29, 0.717) is 48.8 Å². The van der Waals surface area contributed by atoms with Crippen LogP contribution in [0.4, 0.5) is 11.4 Å². The average molecular weight is 600 g/mol. The molecule has 3 aliphatic heterocycles. The maximum atomic E-state index is 14.2. The van der Waals surface area contributed by atoms with Crippen LogP contribution >= 0.6 is 23.4 Å². The van der Waals surface area contributed by atoms with Crippen LogP contribution in [0.25, 0.3) is 0 Å². The second kappa shape index (κ2) is 11.9. The van der Waals surface area contributed by atoms with E-state index in [0.717, 1.165) is 24.2 Å². The van der Waals surface area contributed by atoms with Crippen LogP contribution in [-0.2, 0) is 14.4 Å². The summed E-state index contributed by atoms with van der Waals surface area (Å²) < 4.78 is 4.32. The summed E-state index contributed by atoms with van der Waals surface area (Å²) in [6.45, 7) is 6.87. The minimum absolute atomic E-state index is 0.0816. The number of rotatable bonds is 11. The molecule has 8 nitrogen and oxygen atoms in total. The smallest absolute Gasteiger partial charge is 0.248 e. The fourth-order valence-corrected chi connectivity index (χ4v) is 9.57. The maximum absolute atomic E-state index is 14.2. The lowest BCUT2D eigenvalue weighted by molar-refractivity contribution is -0.139. The molecule has 10 heteroatoms. The van der Waals surface area contributed by atoms with Gasteiger partial charge in [0.15, 0.2) is 0 Å². The standard InChI is InChI=1S/C31H38ClN3O5S/c1-4-40-21-13-11-20(12-14-21)33-27(37)23-24-29(39)35(17-6-5-7-18-36)26(31(24)16-15-30(23,3)41-31)28(38)34-25-19(2)9-8-10-22(25)32/h8-14,23-24,26,36H,4-7,15-18H2,1-3H3,(H,33,37)(H,34,38)/t23-,24+,26?,30+,31?/m1/s1. The van der Waals surface area contributed by atoms with Crippen LogP contribution in [0, 0.1) is 18.8 Å². The first-order chi connectivity index (χ1) is 19.6. The fraction of sp³-hybridized carbons (Fsp3) is 0.516. The lowest BCUT2D eigenvalue weighted by atomic mass is 9.66. The maximum Gasteiger partial charge on any atom is 0.248 e. The highest BCUT2D eigenvalue weighted by Crippen LogP contribution is 2.71. The van der Waals surface area contributed by atoms with E-state index in [1.54, 1.807) is 34.9 Å². The molecule has 2 aromatic rings. The number of aliphatic hydroxyl groups is 1. The average Bonchev–Trinajstić information content (AvgIpc) is 3.50. The molecule has 0 aliphatic carbocycles. The van der Waals surface area contributed by atoms with Gasteiger partial charge in [-0.05, 0) is 88.8 Å². The van der Waals surface area contributed by atoms with Gasteiger partial charge in [-0.2, -0.15) is 0 Å². The molecule has 0 saturated carbocycles. The molecule has 2 unspecified atom stereocenters. The molecular weight excluding hydrogens is 562 g/mol. The molecule has 0 radical (unpaired) electrons. The SMILES string of the molecule is CCOc1ccc(NC(=O)[C@H]2[C@H]3C(=O)N(CCCCCO)C(C(=O)Nc4c(C)cccc4Cl)C34CC[C@]2(C)S4)cc1. The molecule has 220 valence electrons. The molecular formula is C31H38ClN3O5S. The van der Waals surface area contributed by atoms with E-state index in [1.165, 1.54) is 0 Å². The number of aliphatic hydroxyl groups excluding tert-OH is 1. The van der Waals surface area contributed by atoms with Gasteiger partial charge in [0.2, 0.25) is 17.7 Å². The third-order valence-corrected chi connectivity index (χ3v) is 11.1. The Morgan fingerprint density at radius 1 is 1.10 bits per heavy atom. The summed E-state index contributed by atoms with van der Waals surface area (Å²) in [6.07, 6.45) is 3.43. The van der Waals surface area contributed by atoms with E-state index < -0.39 is 27.4 Å². The number of likely N-dealkylation sites (tertiary alicyclic amines) is 1. The summed E-state index contributed by atoms with van der Waals surface area (Å²) in [5.41, 5.74) is 2.01. The third-order valence-electron chi connectivity index (χ3n) is 8.77. The second-order valence-corrected chi connectivity index (χ2v) is 13.7. The van der Waals surface area contributed by atoms with Crippen LogP contribution in [0.1, 0.15) is 51.5 Å². The number of fused-ring (bicyclic) bond motifs is 1. The molecule has 3 fully saturated rings. The van der Waals surface area contributed by atoms with E-state index in [1.807, 2.05) is 38.1 Å². The number of para-hydroxylation sites is 1. The number of thioether (sulfide) groups is 1. The molecule has 3 saturated heterocycles. The number of hydrogen-bond donors (Lipinski definition) is 3. The number of nitrogens with one attached hydrogen (secondary N) is 2. The van der Waals surface area contributed by atoms with Gasteiger partial charge in [0, 0.05) is 23.6 Å². The van der Waals surface area contributed by atoms with E-state index in [2.05, 4.69) is 17.6 Å². The van der Waals surface area contributed by atoms with Crippen molar-refractivity contribution in [2.45, 2.75) is 68.4 Å². The lowest BCUT2D eigenvalue weighted by Gasteiger charge is -2.35. The number of anilines is 2. The van der Waals surface area contributed by atoms with Crippen molar-refractivity contribution >= 4 is 52.5 Å². The molecule has 3 aliphatic rings. The number of amides is 3. The summed E-state index contributed by atoms with van der Waals surface area (Å²) in [7, 11) is 0. The summed E-state index contributed by atoms with van der Waals surface area (Å²) >= 11 is 8.10. The van der Waals surface area contributed by atoms with Crippen LogP contribution in [0.15, 0.2) is 42.5 Å². The predicted octanol–water partition coefficient (Wildman–Crippen LogP) is 5.27. The van der Waals surface area contributed by atoms with E-state index in [9.17, 15) is 19.5 Å². The molecule has 3 heterocycles. The normalized spacial score (nSPS) is 28.1. The Morgan fingerprint density at radius 2 is 1.85 bits per heavy atom. The molecule has 3 N–H and O–H groups in total. The van der Waals surface area contributed by atoms with Crippen molar-refractivity contribution in [3.8, 4) is 5.75 Å². The second-order valence-electron chi connectivity index (χ2n) is 11.4. The van der Waals surface area contributed by atoms with Crippen molar-refractivity contribution in [2.75, 3.05) is 30.4 Å². The number of ether oxygens (including phenoxy) is 1. The minimum Gasteiger partial charge on any atom is -0.494 e. The Kier molecular flexibility index (Phi) is 8.60. The van der Waals surface area contributed by atoms with Crippen molar-refractivity contribution in [1.82, 2.24) is 4.90 Å². The van der Waals surface area contributed by atoms with Crippen LogP contribution in [-0.4, -0.2) is 63.0 Å². The first-order valence-corrected chi connectivity index (χ1v) is 15.6. The third kappa shape index (κ3) is 5.32. The fourth-order valence-electron chi connectivity index (χ4n) is 6.94. The van der Waals surface area contributed by atoms with E-state index in [-0.39, 0.29) is 24.3 Å². The molecule has 3 amide bonds. The predicted molar refractivity (Wildman–Crippen MR) is 162 cm³/mol. The van der Waals surface area contributed by atoms with E-state index in [4.69, 9.17) is 16.3 Å². The Bertz CT molecular complexity index is 1300. The molecule has 2 aromatic carbocycles. The van der Waals surface area contributed by atoms with Gasteiger partial charge in [0.25, 0.3) is 0 Å². The molecule has 5 atom stereocenters. The highest BCUT2D eigenvalue weighted by Gasteiger charge is 2.77. The number of carbonyl (C=O) groups excluding carboxylic acids is 3. The van der Waals surface area contributed by atoms with Crippen molar-refractivity contribution < 1.29 is 24.2 Å².